The van der Waals surface area contributed by atoms with E-state index in [1.807, 2.05) is 0 Å². The molecule has 15 heavy (non-hydrogen) atoms. The van der Waals surface area contributed by atoms with Crippen molar-refractivity contribution >= 4 is 5.91 Å². The highest BCUT2D eigenvalue weighted by Crippen LogP contribution is 2.24. The van der Waals surface area contributed by atoms with Crippen molar-refractivity contribution < 1.29 is 9.90 Å². The Morgan fingerprint density at radius 3 is 2.80 bits per heavy atom. The Morgan fingerprint density at radius 2 is 2.20 bits per heavy atom. The first-order chi connectivity index (χ1) is 7.22. The molecule has 3 nitrogen and oxygen atoms in total. The summed E-state index contributed by atoms with van der Waals surface area (Å²) >= 11 is 0. The van der Waals surface area contributed by atoms with Gasteiger partial charge in [0.1, 0.15) is 0 Å². The van der Waals surface area contributed by atoms with Gasteiger partial charge in [-0.1, -0.05) is 19.8 Å². The molecule has 2 unspecified atom stereocenters. The number of nitrogens with one attached hydrogen (secondary N) is 1. The van der Waals surface area contributed by atoms with E-state index in [1.54, 1.807) is 0 Å². The Morgan fingerprint density at radius 1 is 1.40 bits per heavy atom. The molecule has 0 aliphatic heterocycles. The number of carbonyl (C=O) groups is 1. The summed E-state index contributed by atoms with van der Waals surface area (Å²) in [6.45, 7) is 2.89. The van der Waals surface area contributed by atoms with Gasteiger partial charge in [0.15, 0.2) is 0 Å². The molecule has 0 spiro atoms. The molecule has 0 heterocycles. The van der Waals surface area contributed by atoms with Crippen LogP contribution in [-0.2, 0) is 4.79 Å². The molecule has 1 fully saturated rings. The monoisotopic (exact) mass is 213 g/mol. The molecule has 0 aromatic carbocycles. The highest BCUT2D eigenvalue weighted by molar-refractivity contribution is 5.75. The molecule has 0 aromatic heterocycles. The van der Waals surface area contributed by atoms with E-state index in [9.17, 15) is 9.90 Å². The molecule has 1 rings (SSSR count). The van der Waals surface area contributed by atoms with Crippen LogP contribution in [0.5, 0.6) is 0 Å². The van der Waals surface area contributed by atoms with Gasteiger partial charge in [0.2, 0.25) is 5.91 Å². The van der Waals surface area contributed by atoms with Gasteiger partial charge in [0.05, 0.1) is 6.10 Å². The maximum atomic E-state index is 11.4. The third-order valence-corrected chi connectivity index (χ3v) is 3.11. The quantitative estimate of drug-likeness (QED) is 0.661. The van der Waals surface area contributed by atoms with E-state index < -0.39 is 0 Å². The number of aliphatic hydroxyl groups excluding tert-OH is 1. The maximum absolute atomic E-state index is 11.4. The van der Waals surface area contributed by atoms with Crippen LogP contribution in [0.4, 0.5) is 0 Å². The number of hydrogen-bond acceptors (Lipinski definition) is 2. The number of aliphatic hydroxyl groups is 1. The van der Waals surface area contributed by atoms with Crippen molar-refractivity contribution in [3.05, 3.63) is 0 Å². The van der Waals surface area contributed by atoms with Gasteiger partial charge < -0.3 is 10.4 Å². The summed E-state index contributed by atoms with van der Waals surface area (Å²) in [7, 11) is 0. The zero-order chi connectivity index (χ0) is 11.1. The van der Waals surface area contributed by atoms with E-state index in [0.717, 1.165) is 45.1 Å². The van der Waals surface area contributed by atoms with Gasteiger partial charge >= 0.3 is 0 Å². The van der Waals surface area contributed by atoms with Gasteiger partial charge in [-0.3, -0.25) is 4.79 Å². The minimum atomic E-state index is -0.132. The van der Waals surface area contributed by atoms with Crippen LogP contribution in [0.15, 0.2) is 0 Å². The number of rotatable bonds is 6. The second-order valence-electron chi connectivity index (χ2n) is 4.59. The molecule has 2 N–H and O–H groups in total. The fraction of sp³-hybridized carbons (Fsp3) is 0.917. The van der Waals surface area contributed by atoms with Gasteiger partial charge in [-0.2, -0.15) is 0 Å². The van der Waals surface area contributed by atoms with Crippen LogP contribution in [0.25, 0.3) is 0 Å². The van der Waals surface area contributed by atoms with Crippen LogP contribution in [0, 0.1) is 5.92 Å². The second kappa shape index (κ2) is 6.83. The van der Waals surface area contributed by atoms with Crippen LogP contribution < -0.4 is 5.32 Å². The van der Waals surface area contributed by atoms with Gasteiger partial charge in [-0.05, 0) is 31.6 Å². The minimum Gasteiger partial charge on any atom is -0.393 e. The Balaban J connectivity index is 2.01. The lowest BCUT2D eigenvalue weighted by Crippen LogP contribution is -2.28. The number of unbranched alkanes of at least 4 members (excludes halogenated alkanes) is 2. The van der Waals surface area contributed by atoms with Crippen molar-refractivity contribution in [2.75, 3.05) is 6.54 Å². The summed E-state index contributed by atoms with van der Waals surface area (Å²) in [5.74, 6) is 0.667. The number of hydrogen-bond donors (Lipinski definition) is 2. The summed E-state index contributed by atoms with van der Waals surface area (Å²) < 4.78 is 0. The molecule has 0 radical (unpaired) electrons. The van der Waals surface area contributed by atoms with Gasteiger partial charge in [0.25, 0.3) is 0 Å². The molecule has 0 saturated heterocycles. The van der Waals surface area contributed by atoms with Crippen molar-refractivity contribution in [2.45, 2.75) is 58.0 Å². The lowest BCUT2D eigenvalue weighted by atomic mass is 10.1. The third-order valence-electron chi connectivity index (χ3n) is 3.11. The summed E-state index contributed by atoms with van der Waals surface area (Å²) in [6.07, 6.45) is 6.62. The Kier molecular flexibility index (Phi) is 5.69. The molecule has 88 valence electrons. The summed E-state index contributed by atoms with van der Waals surface area (Å²) in [5.41, 5.74) is 0. The average molecular weight is 213 g/mol. The normalized spacial score (nSPS) is 25.5. The molecule has 2 atom stereocenters. The highest BCUT2D eigenvalue weighted by Gasteiger charge is 2.22. The first-order valence-electron chi connectivity index (χ1n) is 6.17. The van der Waals surface area contributed by atoms with Crippen LogP contribution in [0.3, 0.4) is 0 Å². The fourth-order valence-electron chi connectivity index (χ4n) is 2.12. The van der Waals surface area contributed by atoms with E-state index in [1.165, 1.54) is 0 Å². The summed E-state index contributed by atoms with van der Waals surface area (Å²) in [6, 6.07) is 0. The van der Waals surface area contributed by atoms with E-state index in [2.05, 4.69) is 12.2 Å². The molecule has 0 aromatic rings. The first-order valence-corrected chi connectivity index (χ1v) is 6.17. The lowest BCUT2D eigenvalue weighted by Gasteiger charge is -2.10. The highest BCUT2D eigenvalue weighted by atomic mass is 16.3. The molecule has 3 heteroatoms. The molecule has 1 saturated carbocycles. The van der Waals surface area contributed by atoms with Crippen molar-refractivity contribution in [2.24, 2.45) is 5.92 Å². The number of carbonyl (C=O) groups excluding carboxylic acids is 1. The fourth-order valence-corrected chi connectivity index (χ4v) is 2.12. The van der Waals surface area contributed by atoms with Crippen molar-refractivity contribution in [3.8, 4) is 0 Å². The third kappa shape index (κ3) is 5.17. The lowest BCUT2D eigenvalue weighted by molar-refractivity contribution is -0.121. The van der Waals surface area contributed by atoms with E-state index in [-0.39, 0.29) is 12.0 Å². The van der Waals surface area contributed by atoms with Crippen molar-refractivity contribution in [1.82, 2.24) is 5.32 Å². The molecule has 1 aliphatic rings. The van der Waals surface area contributed by atoms with Gasteiger partial charge in [0, 0.05) is 13.0 Å². The van der Waals surface area contributed by atoms with Gasteiger partial charge in [-0.25, -0.2) is 0 Å². The average Bonchev–Trinajstić information content (AvgIpc) is 2.62. The predicted molar refractivity (Wildman–Crippen MR) is 60.5 cm³/mol. The van der Waals surface area contributed by atoms with Gasteiger partial charge in [-0.15, -0.1) is 0 Å². The van der Waals surface area contributed by atoms with Crippen molar-refractivity contribution in [3.63, 3.8) is 0 Å². The molecular weight excluding hydrogens is 190 g/mol. The van der Waals surface area contributed by atoms with E-state index >= 15 is 0 Å². The van der Waals surface area contributed by atoms with Crippen molar-refractivity contribution in [1.29, 1.82) is 0 Å². The summed E-state index contributed by atoms with van der Waals surface area (Å²) in [5, 5.41) is 12.3. The Hall–Kier alpha value is -0.570. The molecule has 1 amide bonds. The minimum absolute atomic E-state index is 0.132. The molecular formula is C12H23NO2. The second-order valence-corrected chi connectivity index (χ2v) is 4.59. The van der Waals surface area contributed by atoms with E-state index in [4.69, 9.17) is 0 Å². The summed E-state index contributed by atoms with van der Waals surface area (Å²) in [4.78, 5) is 11.4. The molecule has 0 bridgehead atoms. The van der Waals surface area contributed by atoms with Crippen LogP contribution in [0.1, 0.15) is 51.9 Å². The largest absolute Gasteiger partial charge is 0.393 e. The first kappa shape index (κ1) is 12.5. The van der Waals surface area contributed by atoms with E-state index in [0.29, 0.717) is 12.3 Å². The Bertz CT molecular complexity index is 194. The van der Waals surface area contributed by atoms with Crippen LogP contribution in [-0.4, -0.2) is 23.7 Å². The predicted octanol–water partition coefficient (Wildman–Crippen LogP) is 1.84. The zero-order valence-corrected chi connectivity index (χ0v) is 9.67. The molecule has 1 aliphatic carbocycles. The zero-order valence-electron chi connectivity index (χ0n) is 9.67. The Labute approximate surface area is 92.3 Å². The standard InChI is InChI=1S/C12H23NO2/c1-2-3-4-5-12(15)13-9-10-6-7-11(14)8-10/h10-11,14H,2-9H2,1H3,(H,13,15). The number of amides is 1. The maximum Gasteiger partial charge on any atom is 0.220 e. The SMILES string of the molecule is CCCCCC(=O)NCC1CCC(O)C1. The van der Waals surface area contributed by atoms with Crippen LogP contribution >= 0.6 is 0 Å². The topological polar surface area (TPSA) is 49.3 Å². The smallest absolute Gasteiger partial charge is 0.220 e. The van der Waals surface area contributed by atoms with Crippen LogP contribution in [0.2, 0.25) is 0 Å².